The minimum atomic E-state index is -3.34. The van der Waals surface area contributed by atoms with Gasteiger partial charge in [0.2, 0.25) is 10.0 Å². The van der Waals surface area contributed by atoms with Gasteiger partial charge >= 0.3 is 0 Å². The molecule has 0 aliphatic carbocycles. The zero-order chi connectivity index (χ0) is 9.19. The molecule has 0 saturated carbocycles. The van der Waals surface area contributed by atoms with Gasteiger partial charge in [0.05, 0.1) is 11.9 Å². The summed E-state index contributed by atoms with van der Waals surface area (Å²) in [5.74, 6) is -0.500. The Morgan fingerprint density at radius 3 is 2.75 bits per heavy atom. The molecule has 0 aromatic heterocycles. The lowest BCUT2D eigenvalue weighted by Gasteiger charge is -2.01. The van der Waals surface area contributed by atoms with E-state index in [0.717, 1.165) is 12.3 Å². The van der Waals surface area contributed by atoms with Gasteiger partial charge in [-0.05, 0) is 18.2 Å². The summed E-state index contributed by atoms with van der Waals surface area (Å²) >= 11 is 0. The maximum Gasteiger partial charge on any atom is 0.229 e. The molecule has 65 valence electrons. The second-order valence-corrected chi connectivity index (χ2v) is 4.04. The molecule has 3 nitrogen and oxygen atoms in total. The fourth-order valence-corrected chi connectivity index (χ4v) is 1.21. The van der Waals surface area contributed by atoms with Gasteiger partial charge in [0.15, 0.2) is 0 Å². The van der Waals surface area contributed by atoms with Gasteiger partial charge in [0, 0.05) is 6.07 Å². The standard InChI is InChI=1S/C7H7FNO2S/c1-12(10,11)9-7-4-2-3-6(8)5-7/h2-3,5,9H,1H3. The second kappa shape index (κ2) is 3.10. The Kier molecular flexibility index (Phi) is 2.32. The van der Waals surface area contributed by atoms with Crippen molar-refractivity contribution in [2.75, 3.05) is 11.0 Å². The highest BCUT2D eigenvalue weighted by molar-refractivity contribution is 7.92. The molecule has 0 aliphatic heterocycles. The molecule has 0 spiro atoms. The maximum absolute atomic E-state index is 12.5. The summed E-state index contributed by atoms with van der Waals surface area (Å²) in [7, 11) is -3.34. The van der Waals surface area contributed by atoms with Gasteiger partial charge in [-0.2, -0.15) is 0 Å². The molecular weight excluding hydrogens is 181 g/mol. The third-order valence-corrected chi connectivity index (χ3v) is 1.65. The molecule has 0 fully saturated rings. The van der Waals surface area contributed by atoms with Crippen LogP contribution in [-0.4, -0.2) is 14.7 Å². The van der Waals surface area contributed by atoms with Crippen LogP contribution in [0.15, 0.2) is 18.2 Å². The first kappa shape index (κ1) is 8.99. The Hall–Kier alpha value is -1.10. The van der Waals surface area contributed by atoms with Gasteiger partial charge < -0.3 is 0 Å². The monoisotopic (exact) mass is 188 g/mol. The summed E-state index contributed by atoms with van der Waals surface area (Å²) in [4.78, 5) is 0. The van der Waals surface area contributed by atoms with E-state index in [-0.39, 0.29) is 5.69 Å². The van der Waals surface area contributed by atoms with Crippen molar-refractivity contribution >= 4 is 15.7 Å². The van der Waals surface area contributed by atoms with Crippen LogP contribution in [0, 0.1) is 11.9 Å². The lowest BCUT2D eigenvalue weighted by molar-refractivity contribution is 0.606. The molecule has 1 radical (unpaired) electrons. The van der Waals surface area contributed by atoms with E-state index in [1.54, 1.807) is 0 Å². The fraction of sp³-hybridized carbons (Fsp3) is 0.143. The van der Waals surface area contributed by atoms with E-state index in [4.69, 9.17) is 0 Å². The van der Waals surface area contributed by atoms with E-state index in [2.05, 4.69) is 10.8 Å². The molecular formula is C7H7FNO2S. The van der Waals surface area contributed by atoms with Crippen LogP contribution < -0.4 is 4.72 Å². The largest absolute Gasteiger partial charge is 0.283 e. The molecule has 0 heterocycles. The Balaban J connectivity index is 2.91. The highest BCUT2D eigenvalue weighted by Crippen LogP contribution is 2.08. The van der Waals surface area contributed by atoms with E-state index >= 15 is 0 Å². The van der Waals surface area contributed by atoms with Gasteiger partial charge in [-0.15, -0.1) is 0 Å². The van der Waals surface area contributed by atoms with E-state index in [1.165, 1.54) is 12.1 Å². The number of halogens is 1. The first-order chi connectivity index (χ1) is 5.47. The quantitative estimate of drug-likeness (QED) is 0.752. The normalized spacial score (nSPS) is 11.2. The number of benzene rings is 1. The zero-order valence-electron chi connectivity index (χ0n) is 6.33. The van der Waals surface area contributed by atoms with Gasteiger partial charge in [-0.3, -0.25) is 4.72 Å². The lowest BCUT2D eigenvalue weighted by atomic mass is 10.3. The van der Waals surface area contributed by atoms with Crippen molar-refractivity contribution in [3.63, 3.8) is 0 Å². The van der Waals surface area contributed by atoms with Crippen molar-refractivity contribution in [3.05, 3.63) is 30.1 Å². The number of rotatable bonds is 2. The SMILES string of the molecule is CS(=O)(=O)Nc1[c]ccc(F)c1. The van der Waals surface area contributed by atoms with E-state index in [1.807, 2.05) is 0 Å². The molecule has 12 heavy (non-hydrogen) atoms. The van der Waals surface area contributed by atoms with Crippen molar-refractivity contribution in [2.45, 2.75) is 0 Å². The minimum absolute atomic E-state index is 0.109. The molecule has 1 aromatic carbocycles. The second-order valence-electron chi connectivity index (χ2n) is 2.29. The Morgan fingerprint density at radius 1 is 1.58 bits per heavy atom. The summed E-state index contributed by atoms with van der Waals surface area (Å²) in [6.07, 6.45) is 0.992. The molecule has 0 bridgehead atoms. The van der Waals surface area contributed by atoms with Crippen molar-refractivity contribution < 1.29 is 12.8 Å². The van der Waals surface area contributed by atoms with Crippen molar-refractivity contribution in [1.29, 1.82) is 0 Å². The number of hydrogen-bond donors (Lipinski definition) is 1. The Bertz CT molecular complexity index is 375. The first-order valence-corrected chi connectivity index (χ1v) is 5.01. The van der Waals surface area contributed by atoms with Crippen LogP contribution in [-0.2, 0) is 10.0 Å². The highest BCUT2D eigenvalue weighted by atomic mass is 32.2. The number of hydrogen-bond acceptors (Lipinski definition) is 2. The maximum atomic E-state index is 12.5. The van der Waals surface area contributed by atoms with E-state index in [0.29, 0.717) is 0 Å². The number of nitrogens with one attached hydrogen (secondary N) is 1. The average molecular weight is 188 g/mol. The van der Waals surface area contributed by atoms with Crippen LogP contribution in [0.2, 0.25) is 0 Å². The van der Waals surface area contributed by atoms with Crippen LogP contribution in [0.5, 0.6) is 0 Å². The van der Waals surface area contributed by atoms with Crippen molar-refractivity contribution in [2.24, 2.45) is 0 Å². The average Bonchev–Trinajstić information content (AvgIpc) is 1.82. The predicted molar refractivity (Wildman–Crippen MR) is 43.7 cm³/mol. The zero-order valence-corrected chi connectivity index (χ0v) is 7.15. The minimum Gasteiger partial charge on any atom is -0.283 e. The van der Waals surface area contributed by atoms with Crippen LogP contribution in [0.4, 0.5) is 10.1 Å². The molecule has 0 amide bonds. The van der Waals surface area contributed by atoms with Gasteiger partial charge in [-0.25, -0.2) is 12.8 Å². The van der Waals surface area contributed by atoms with Gasteiger partial charge in [-0.1, -0.05) is 0 Å². The summed E-state index contributed by atoms with van der Waals surface area (Å²) in [5, 5.41) is 0. The molecule has 1 rings (SSSR count). The molecule has 1 aromatic rings. The molecule has 1 N–H and O–H groups in total. The number of sulfonamides is 1. The highest BCUT2D eigenvalue weighted by Gasteiger charge is 2.01. The predicted octanol–water partition coefficient (Wildman–Crippen LogP) is 0.997. The third kappa shape index (κ3) is 2.87. The van der Waals surface area contributed by atoms with E-state index < -0.39 is 15.8 Å². The summed E-state index contributed by atoms with van der Waals surface area (Å²) in [5.41, 5.74) is 0.109. The Labute approximate surface area is 70.3 Å². The Morgan fingerprint density at radius 2 is 2.25 bits per heavy atom. The lowest BCUT2D eigenvalue weighted by Crippen LogP contribution is -2.09. The molecule has 0 saturated heterocycles. The number of anilines is 1. The van der Waals surface area contributed by atoms with Crippen LogP contribution in [0.1, 0.15) is 0 Å². The van der Waals surface area contributed by atoms with Crippen molar-refractivity contribution in [3.8, 4) is 0 Å². The van der Waals surface area contributed by atoms with Crippen LogP contribution in [0.25, 0.3) is 0 Å². The topological polar surface area (TPSA) is 46.2 Å². The first-order valence-electron chi connectivity index (χ1n) is 3.12. The van der Waals surface area contributed by atoms with Crippen LogP contribution in [0.3, 0.4) is 0 Å². The molecule has 0 unspecified atom stereocenters. The van der Waals surface area contributed by atoms with Crippen LogP contribution >= 0.6 is 0 Å². The fourth-order valence-electron chi connectivity index (χ4n) is 0.697. The van der Waals surface area contributed by atoms with E-state index in [9.17, 15) is 12.8 Å². The molecule has 5 heteroatoms. The smallest absolute Gasteiger partial charge is 0.229 e. The summed E-state index contributed by atoms with van der Waals surface area (Å²) in [6, 6.07) is 6.09. The molecule has 0 atom stereocenters. The molecule has 0 aliphatic rings. The summed E-state index contributed by atoms with van der Waals surface area (Å²) < 4.78 is 35.9. The van der Waals surface area contributed by atoms with Crippen molar-refractivity contribution in [1.82, 2.24) is 0 Å². The van der Waals surface area contributed by atoms with Gasteiger partial charge in [0.1, 0.15) is 5.82 Å². The third-order valence-electron chi connectivity index (χ3n) is 1.06. The summed E-state index contributed by atoms with van der Waals surface area (Å²) in [6.45, 7) is 0. The van der Waals surface area contributed by atoms with Gasteiger partial charge in [0.25, 0.3) is 0 Å².